The maximum absolute atomic E-state index is 13.0. The zero-order chi connectivity index (χ0) is 16.1. The average Bonchev–Trinajstić information content (AvgIpc) is 2.47. The van der Waals surface area contributed by atoms with Gasteiger partial charge in [0.1, 0.15) is 5.82 Å². The van der Waals surface area contributed by atoms with Crippen LogP contribution in [0.5, 0.6) is 0 Å². The third-order valence-electron chi connectivity index (χ3n) is 2.80. The van der Waals surface area contributed by atoms with Gasteiger partial charge in [0.25, 0.3) is 0 Å². The molecular weight excluding hydrogens is 317 g/mol. The molecule has 0 saturated carbocycles. The van der Waals surface area contributed by atoms with Gasteiger partial charge in [-0.2, -0.15) is 0 Å². The number of halogens is 4. The van der Waals surface area contributed by atoms with Crippen LogP contribution in [0.15, 0.2) is 36.4 Å². The van der Waals surface area contributed by atoms with Crippen molar-refractivity contribution >= 4 is 28.9 Å². The number of nitrogens with one attached hydrogen (secondary N) is 2. The molecule has 0 fully saturated rings. The smallest absolute Gasteiger partial charge is 0.226 e. The van der Waals surface area contributed by atoms with Gasteiger partial charge in [-0.05, 0) is 36.4 Å². The summed E-state index contributed by atoms with van der Waals surface area (Å²) in [5, 5.41) is 5.26. The lowest BCUT2D eigenvalue weighted by molar-refractivity contribution is -0.115. The first kappa shape index (κ1) is 16.2. The van der Waals surface area contributed by atoms with Crippen molar-refractivity contribution < 1.29 is 18.0 Å². The molecule has 1 amide bonds. The molecule has 0 radical (unpaired) electrons. The van der Waals surface area contributed by atoms with Crippen molar-refractivity contribution in [3.8, 4) is 0 Å². The fraction of sp³-hybridized carbons (Fsp3) is 0.133. The van der Waals surface area contributed by atoms with Gasteiger partial charge in [0.2, 0.25) is 5.91 Å². The Kier molecular flexibility index (Phi) is 5.27. The van der Waals surface area contributed by atoms with Gasteiger partial charge in [-0.3, -0.25) is 4.79 Å². The van der Waals surface area contributed by atoms with E-state index in [-0.39, 0.29) is 23.9 Å². The van der Waals surface area contributed by atoms with E-state index in [2.05, 4.69) is 10.6 Å². The highest BCUT2D eigenvalue weighted by molar-refractivity contribution is 6.31. The van der Waals surface area contributed by atoms with Crippen molar-refractivity contribution in [1.29, 1.82) is 0 Å². The number of benzene rings is 2. The highest BCUT2D eigenvalue weighted by Crippen LogP contribution is 2.19. The normalized spacial score (nSPS) is 10.4. The fourth-order valence-electron chi connectivity index (χ4n) is 1.72. The molecule has 2 aromatic rings. The van der Waals surface area contributed by atoms with Crippen LogP contribution in [0.25, 0.3) is 0 Å². The summed E-state index contributed by atoms with van der Waals surface area (Å²) in [4.78, 5) is 11.7. The minimum Gasteiger partial charge on any atom is -0.384 e. The van der Waals surface area contributed by atoms with Crippen LogP contribution in [-0.4, -0.2) is 12.5 Å². The van der Waals surface area contributed by atoms with Crippen LogP contribution >= 0.6 is 11.6 Å². The Morgan fingerprint density at radius 1 is 0.955 bits per heavy atom. The van der Waals surface area contributed by atoms with Gasteiger partial charge >= 0.3 is 0 Å². The van der Waals surface area contributed by atoms with Gasteiger partial charge in [-0.25, -0.2) is 13.2 Å². The summed E-state index contributed by atoms with van der Waals surface area (Å²) in [6, 6.07) is 7.22. The molecule has 0 spiro atoms. The molecule has 2 N–H and O–H groups in total. The molecule has 22 heavy (non-hydrogen) atoms. The Morgan fingerprint density at radius 3 is 2.32 bits per heavy atom. The Morgan fingerprint density at radius 2 is 1.64 bits per heavy atom. The minimum absolute atomic E-state index is 0.0855. The Bertz CT molecular complexity index is 694. The lowest BCUT2D eigenvalue weighted by Crippen LogP contribution is -2.16. The predicted octanol–water partition coefficient (Wildman–Crippen LogP) is 4.20. The van der Waals surface area contributed by atoms with E-state index in [0.717, 1.165) is 18.2 Å². The number of hydrogen-bond donors (Lipinski definition) is 2. The number of anilines is 2. The van der Waals surface area contributed by atoms with Crippen LogP contribution in [-0.2, 0) is 4.79 Å². The zero-order valence-corrected chi connectivity index (χ0v) is 12.1. The molecule has 0 aliphatic heterocycles. The van der Waals surface area contributed by atoms with E-state index in [0.29, 0.717) is 11.4 Å². The van der Waals surface area contributed by atoms with Crippen LogP contribution in [0.1, 0.15) is 6.42 Å². The molecule has 0 saturated heterocycles. The van der Waals surface area contributed by atoms with Gasteiger partial charge in [-0.15, -0.1) is 0 Å². The summed E-state index contributed by atoms with van der Waals surface area (Å²) < 4.78 is 38.7. The van der Waals surface area contributed by atoms with Crippen LogP contribution in [0, 0.1) is 17.5 Å². The molecule has 0 bridgehead atoms. The van der Waals surface area contributed by atoms with Gasteiger partial charge in [0.05, 0.1) is 5.02 Å². The molecule has 0 aliphatic carbocycles. The van der Waals surface area contributed by atoms with Crippen LogP contribution in [0.4, 0.5) is 24.5 Å². The third-order valence-corrected chi connectivity index (χ3v) is 3.09. The summed E-state index contributed by atoms with van der Waals surface area (Å²) in [5.41, 5.74) is 0.751. The minimum atomic E-state index is -0.963. The maximum Gasteiger partial charge on any atom is 0.226 e. The number of rotatable bonds is 5. The lowest BCUT2D eigenvalue weighted by atomic mass is 10.2. The van der Waals surface area contributed by atoms with Crippen molar-refractivity contribution in [1.82, 2.24) is 0 Å². The molecule has 0 atom stereocenters. The van der Waals surface area contributed by atoms with E-state index in [1.165, 1.54) is 18.2 Å². The van der Waals surface area contributed by atoms with E-state index >= 15 is 0 Å². The summed E-state index contributed by atoms with van der Waals surface area (Å²) in [6.45, 7) is 0.228. The van der Waals surface area contributed by atoms with Crippen molar-refractivity contribution in [3.05, 3.63) is 58.9 Å². The first-order chi connectivity index (χ1) is 10.5. The molecule has 116 valence electrons. The van der Waals surface area contributed by atoms with Crippen molar-refractivity contribution in [2.45, 2.75) is 6.42 Å². The maximum atomic E-state index is 13.0. The molecule has 0 heterocycles. The molecule has 3 nitrogen and oxygen atoms in total. The average molecular weight is 329 g/mol. The quantitative estimate of drug-likeness (QED) is 0.863. The Hall–Kier alpha value is -2.21. The second-order valence-electron chi connectivity index (χ2n) is 4.48. The molecule has 2 rings (SSSR count). The van der Waals surface area contributed by atoms with Gasteiger partial charge in [0, 0.05) is 24.3 Å². The second-order valence-corrected chi connectivity index (χ2v) is 4.89. The number of carbonyl (C=O) groups excluding carboxylic acids is 1. The number of carbonyl (C=O) groups is 1. The van der Waals surface area contributed by atoms with E-state index < -0.39 is 17.5 Å². The molecule has 0 unspecified atom stereocenters. The van der Waals surface area contributed by atoms with E-state index in [4.69, 9.17) is 11.6 Å². The SMILES string of the molecule is O=C(CCNc1ccc(F)c(F)c1)Nc1ccc(F)c(Cl)c1. The molecule has 7 heteroatoms. The summed E-state index contributed by atoms with van der Waals surface area (Å²) in [7, 11) is 0. The fourth-order valence-corrected chi connectivity index (χ4v) is 1.90. The van der Waals surface area contributed by atoms with E-state index in [1.54, 1.807) is 0 Å². The van der Waals surface area contributed by atoms with Crippen LogP contribution in [0.3, 0.4) is 0 Å². The highest BCUT2D eigenvalue weighted by Gasteiger charge is 2.06. The Balaban J connectivity index is 1.82. The summed E-state index contributed by atoms with van der Waals surface area (Å²) in [5.74, 6) is -2.79. The topological polar surface area (TPSA) is 41.1 Å². The van der Waals surface area contributed by atoms with Gasteiger partial charge in [-0.1, -0.05) is 11.6 Å². The zero-order valence-electron chi connectivity index (χ0n) is 11.3. The van der Waals surface area contributed by atoms with Crippen molar-refractivity contribution in [2.75, 3.05) is 17.2 Å². The second kappa shape index (κ2) is 7.17. The predicted molar refractivity (Wildman–Crippen MR) is 79.5 cm³/mol. The van der Waals surface area contributed by atoms with Crippen molar-refractivity contribution in [2.24, 2.45) is 0 Å². The summed E-state index contributed by atoms with van der Waals surface area (Å²) >= 11 is 5.60. The molecule has 0 aromatic heterocycles. The highest BCUT2D eigenvalue weighted by atomic mass is 35.5. The van der Waals surface area contributed by atoms with Gasteiger partial charge < -0.3 is 10.6 Å². The number of amides is 1. The van der Waals surface area contributed by atoms with Crippen LogP contribution < -0.4 is 10.6 Å². The monoisotopic (exact) mass is 328 g/mol. The van der Waals surface area contributed by atoms with E-state index in [1.807, 2.05) is 0 Å². The Labute approximate surface area is 130 Å². The number of hydrogen-bond acceptors (Lipinski definition) is 2. The van der Waals surface area contributed by atoms with E-state index in [9.17, 15) is 18.0 Å². The summed E-state index contributed by atoms with van der Waals surface area (Å²) in [6.07, 6.45) is 0.0913. The third kappa shape index (κ3) is 4.39. The lowest BCUT2D eigenvalue weighted by Gasteiger charge is -2.08. The van der Waals surface area contributed by atoms with Crippen LogP contribution in [0.2, 0.25) is 5.02 Å². The first-order valence-electron chi connectivity index (χ1n) is 6.39. The first-order valence-corrected chi connectivity index (χ1v) is 6.77. The van der Waals surface area contributed by atoms with Gasteiger partial charge in [0.15, 0.2) is 11.6 Å². The van der Waals surface area contributed by atoms with Crippen molar-refractivity contribution in [3.63, 3.8) is 0 Å². The molecule has 2 aromatic carbocycles. The molecular formula is C15H12ClF3N2O. The molecule has 0 aliphatic rings. The largest absolute Gasteiger partial charge is 0.384 e. The standard InChI is InChI=1S/C15H12ClF3N2O/c16-11-7-10(2-3-12(11)17)21-15(22)5-6-20-9-1-4-13(18)14(19)8-9/h1-4,7-8,20H,5-6H2,(H,21,22).